The number of nitrogens with zero attached hydrogens (tertiary/aromatic N) is 3. The summed E-state index contributed by atoms with van der Waals surface area (Å²) in [6.07, 6.45) is 0.917. The first-order valence-electron chi connectivity index (χ1n) is 7.47. The zero-order chi connectivity index (χ0) is 15.0. The van der Waals surface area contributed by atoms with Crippen LogP contribution in [0.3, 0.4) is 0 Å². The van der Waals surface area contributed by atoms with Crippen LogP contribution >= 0.6 is 0 Å². The Morgan fingerprint density at radius 3 is 2.38 bits per heavy atom. The first-order chi connectivity index (χ1) is 10.1. The van der Waals surface area contributed by atoms with E-state index >= 15 is 0 Å². The second-order valence-electron chi connectivity index (χ2n) is 5.71. The summed E-state index contributed by atoms with van der Waals surface area (Å²) in [5.41, 5.74) is 6.86. The van der Waals surface area contributed by atoms with E-state index < -0.39 is 0 Å². The molecule has 2 aromatic heterocycles. The maximum atomic E-state index is 4.79. The molecule has 21 heavy (non-hydrogen) atoms. The summed E-state index contributed by atoms with van der Waals surface area (Å²) in [5.74, 6) is 1.10. The van der Waals surface area contributed by atoms with Gasteiger partial charge in [0.2, 0.25) is 0 Å². The first-order valence-corrected chi connectivity index (χ1v) is 7.47. The molecule has 0 unspecified atom stereocenters. The Morgan fingerprint density at radius 1 is 1.00 bits per heavy atom. The Kier molecular flexibility index (Phi) is 3.50. The summed E-state index contributed by atoms with van der Waals surface area (Å²) in [6.45, 7) is 9.24. The number of hydrogen-bond acceptors (Lipinski definition) is 2. The largest absolute Gasteiger partial charge is 0.308 e. The summed E-state index contributed by atoms with van der Waals surface area (Å²) in [5, 5.41) is 0. The van der Waals surface area contributed by atoms with Crippen LogP contribution in [0.4, 0.5) is 0 Å². The fraction of sp³-hybridized carbons (Fsp3) is 0.333. The molecule has 0 saturated carbocycles. The van der Waals surface area contributed by atoms with E-state index in [4.69, 9.17) is 9.97 Å². The van der Waals surface area contributed by atoms with Gasteiger partial charge in [-0.05, 0) is 38.0 Å². The fourth-order valence-electron chi connectivity index (χ4n) is 2.76. The average molecular weight is 279 g/mol. The highest BCUT2D eigenvalue weighted by molar-refractivity contribution is 5.76. The van der Waals surface area contributed by atoms with E-state index in [2.05, 4.69) is 55.7 Å². The number of aryl methyl sites for hydroxylation is 4. The van der Waals surface area contributed by atoms with Crippen molar-refractivity contribution >= 4 is 11.2 Å². The van der Waals surface area contributed by atoms with Gasteiger partial charge in [-0.1, -0.05) is 36.8 Å². The van der Waals surface area contributed by atoms with Crippen molar-refractivity contribution in [2.24, 2.45) is 0 Å². The smallest absolute Gasteiger partial charge is 0.160 e. The lowest BCUT2D eigenvalue weighted by Crippen LogP contribution is -2.05. The van der Waals surface area contributed by atoms with Crippen LogP contribution in [0.2, 0.25) is 0 Å². The van der Waals surface area contributed by atoms with Gasteiger partial charge in [-0.15, -0.1) is 0 Å². The van der Waals surface area contributed by atoms with Gasteiger partial charge in [-0.2, -0.15) is 0 Å². The van der Waals surface area contributed by atoms with Crippen molar-refractivity contribution in [3.63, 3.8) is 0 Å². The van der Waals surface area contributed by atoms with Crippen molar-refractivity contribution in [3.05, 3.63) is 58.5 Å². The minimum absolute atomic E-state index is 0.829. The van der Waals surface area contributed by atoms with Crippen LogP contribution in [0.5, 0.6) is 0 Å². The van der Waals surface area contributed by atoms with Gasteiger partial charge in [0, 0.05) is 12.1 Å². The lowest BCUT2D eigenvalue weighted by atomic mass is 10.1. The Bertz CT molecular complexity index is 782. The maximum Gasteiger partial charge on any atom is 0.160 e. The first kappa shape index (κ1) is 13.8. The lowest BCUT2D eigenvalue weighted by molar-refractivity contribution is 0.745. The van der Waals surface area contributed by atoms with E-state index in [0.29, 0.717) is 0 Å². The molecule has 0 aliphatic rings. The van der Waals surface area contributed by atoms with Gasteiger partial charge >= 0.3 is 0 Å². The summed E-state index contributed by atoms with van der Waals surface area (Å²) in [6, 6.07) is 10.8. The van der Waals surface area contributed by atoms with Crippen molar-refractivity contribution < 1.29 is 0 Å². The maximum absolute atomic E-state index is 4.79. The van der Waals surface area contributed by atoms with Crippen LogP contribution < -0.4 is 0 Å². The molecule has 3 rings (SSSR count). The third-order valence-electron chi connectivity index (χ3n) is 3.88. The molecule has 0 aliphatic carbocycles. The number of hydrogen-bond donors (Lipinski definition) is 0. The van der Waals surface area contributed by atoms with Crippen LogP contribution in [-0.4, -0.2) is 14.5 Å². The molecule has 0 bridgehead atoms. The molecule has 0 radical (unpaired) electrons. The third-order valence-corrected chi connectivity index (χ3v) is 3.88. The number of pyridine rings is 1. The van der Waals surface area contributed by atoms with Crippen LogP contribution in [0.25, 0.3) is 11.2 Å². The van der Waals surface area contributed by atoms with Crippen LogP contribution in [-0.2, 0) is 13.0 Å². The summed E-state index contributed by atoms with van der Waals surface area (Å²) < 4.78 is 2.25. The second-order valence-corrected chi connectivity index (χ2v) is 5.71. The third kappa shape index (κ3) is 2.56. The minimum atomic E-state index is 0.829. The van der Waals surface area contributed by atoms with E-state index in [1.54, 1.807) is 0 Å². The Morgan fingerprint density at radius 2 is 1.71 bits per heavy atom. The summed E-state index contributed by atoms with van der Waals surface area (Å²) in [4.78, 5) is 9.51. The predicted molar refractivity (Wildman–Crippen MR) is 86.7 cm³/mol. The van der Waals surface area contributed by atoms with Crippen molar-refractivity contribution in [1.82, 2.24) is 14.5 Å². The van der Waals surface area contributed by atoms with Crippen molar-refractivity contribution in [2.45, 2.75) is 40.7 Å². The zero-order valence-corrected chi connectivity index (χ0v) is 13.1. The molecule has 3 heteroatoms. The van der Waals surface area contributed by atoms with E-state index in [0.717, 1.165) is 35.6 Å². The monoisotopic (exact) mass is 279 g/mol. The van der Waals surface area contributed by atoms with E-state index in [9.17, 15) is 0 Å². The molecule has 3 aromatic rings. The molecule has 3 nitrogen and oxygen atoms in total. The Hall–Kier alpha value is -2.16. The molecule has 0 amide bonds. The molecule has 0 atom stereocenters. The summed E-state index contributed by atoms with van der Waals surface area (Å²) >= 11 is 0. The highest BCUT2D eigenvalue weighted by Crippen LogP contribution is 2.21. The molecule has 1 aromatic carbocycles. The molecule has 0 aliphatic heterocycles. The predicted octanol–water partition coefficient (Wildman–Crippen LogP) is 3.97. The average Bonchev–Trinajstić information content (AvgIpc) is 2.80. The second kappa shape index (κ2) is 5.32. The number of aromatic nitrogens is 3. The molecule has 0 N–H and O–H groups in total. The Balaban J connectivity index is 2.13. The fourth-order valence-corrected chi connectivity index (χ4v) is 2.76. The van der Waals surface area contributed by atoms with Crippen molar-refractivity contribution in [3.8, 4) is 0 Å². The number of fused-ring (bicyclic) bond motifs is 1. The van der Waals surface area contributed by atoms with E-state index in [-0.39, 0.29) is 0 Å². The highest BCUT2D eigenvalue weighted by Gasteiger charge is 2.13. The molecule has 108 valence electrons. The standard InChI is InChI=1S/C18H21N3/c1-5-16-20-17-13(3)10-14(4)19-18(17)21(16)11-15-8-6-12(2)7-9-15/h6-10H,5,11H2,1-4H3. The van der Waals surface area contributed by atoms with Gasteiger partial charge < -0.3 is 4.57 Å². The van der Waals surface area contributed by atoms with E-state index in [1.807, 2.05) is 6.92 Å². The van der Waals surface area contributed by atoms with Gasteiger partial charge in [0.05, 0.1) is 6.54 Å². The van der Waals surface area contributed by atoms with Gasteiger partial charge in [-0.3, -0.25) is 0 Å². The molecule has 0 spiro atoms. The van der Waals surface area contributed by atoms with Crippen molar-refractivity contribution in [2.75, 3.05) is 0 Å². The van der Waals surface area contributed by atoms with Gasteiger partial charge in [0.15, 0.2) is 5.65 Å². The van der Waals surface area contributed by atoms with Gasteiger partial charge in [0.25, 0.3) is 0 Å². The lowest BCUT2D eigenvalue weighted by Gasteiger charge is -2.08. The zero-order valence-electron chi connectivity index (χ0n) is 13.1. The van der Waals surface area contributed by atoms with Crippen molar-refractivity contribution in [1.29, 1.82) is 0 Å². The molecular weight excluding hydrogens is 258 g/mol. The SMILES string of the molecule is CCc1nc2c(C)cc(C)nc2n1Cc1ccc(C)cc1. The van der Waals surface area contributed by atoms with Crippen LogP contribution in [0.15, 0.2) is 30.3 Å². The number of imidazole rings is 1. The Labute approximate surface area is 125 Å². The quantitative estimate of drug-likeness (QED) is 0.726. The minimum Gasteiger partial charge on any atom is -0.308 e. The van der Waals surface area contributed by atoms with Gasteiger partial charge in [-0.25, -0.2) is 9.97 Å². The molecule has 2 heterocycles. The molecule has 0 fully saturated rings. The van der Waals surface area contributed by atoms with Crippen LogP contribution in [0, 0.1) is 20.8 Å². The normalized spacial score (nSPS) is 11.2. The number of rotatable bonds is 3. The molecular formula is C18H21N3. The van der Waals surface area contributed by atoms with Gasteiger partial charge in [0.1, 0.15) is 11.3 Å². The van der Waals surface area contributed by atoms with Crippen LogP contribution in [0.1, 0.15) is 35.1 Å². The highest BCUT2D eigenvalue weighted by atomic mass is 15.1. The summed E-state index contributed by atoms with van der Waals surface area (Å²) in [7, 11) is 0. The molecule has 0 saturated heterocycles. The number of benzene rings is 1. The topological polar surface area (TPSA) is 30.7 Å². The van der Waals surface area contributed by atoms with E-state index in [1.165, 1.54) is 16.7 Å².